The van der Waals surface area contributed by atoms with Crippen LogP contribution in [0.15, 0.2) is 48.5 Å². The van der Waals surface area contributed by atoms with Crippen LogP contribution in [-0.4, -0.2) is 16.6 Å². The molecule has 98 valence electrons. The van der Waals surface area contributed by atoms with Gasteiger partial charge in [0, 0.05) is 5.56 Å². The predicted molar refractivity (Wildman–Crippen MR) is 66.7 cm³/mol. The van der Waals surface area contributed by atoms with E-state index in [0.29, 0.717) is 16.7 Å². The first-order chi connectivity index (χ1) is 9.06. The molecule has 0 bridgehead atoms. The number of hydrogen-bond donors (Lipinski definition) is 2. The molecule has 2 N–H and O–H groups in total. The van der Waals surface area contributed by atoms with Crippen molar-refractivity contribution in [3.05, 3.63) is 59.7 Å². The van der Waals surface area contributed by atoms with Crippen molar-refractivity contribution in [3.8, 4) is 11.1 Å². The Balaban J connectivity index is 2.36. The number of alkyl halides is 2. The zero-order chi connectivity index (χ0) is 13.6. The molecule has 0 unspecified atom stereocenters. The molecule has 3 rings (SSSR count). The van der Waals surface area contributed by atoms with Crippen molar-refractivity contribution >= 4 is 0 Å². The Labute approximate surface area is 108 Å². The van der Waals surface area contributed by atoms with E-state index in [2.05, 4.69) is 0 Å². The molecule has 2 aromatic carbocycles. The third-order valence-electron chi connectivity index (χ3n) is 3.65. The van der Waals surface area contributed by atoms with Gasteiger partial charge in [0.1, 0.15) is 6.10 Å². The molecule has 1 aliphatic rings. The number of hydrogen-bond acceptors (Lipinski definition) is 2. The number of fused-ring (bicyclic) bond motifs is 3. The summed E-state index contributed by atoms with van der Waals surface area (Å²) in [4.78, 5) is 0. The maximum Gasteiger partial charge on any atom is 0.273 e. The summed E-state index contributed by atoms with van der Waals surface area (Å²) < 4.78 is 26.6. The molecule has 0 aromatic heterocycles. The number of aliphatic hydroxyl groups is 2. The van der Waals surface area contributed by atoms with Crippen molar-refractivity contribution in [1.82, 2.24) is 0 Å². The Hall–Kier alpha value is -1.78. The molecule has 2 atom stereocenters. The van der Waals surface area contributed by atoms with Crippen LogP contribution in [0.3, 0.4) is 0 Å². The van der Waals surface area contributed by atoms with E-state index in [1.807, 2.05) is 0 Å². The molecule has 0 amide bonds. The number of aliphatic hydroxyl groups excluding tert-OH is 1. The number of halogens is 2. The molecule has 2 aromatic rings. The van der Waals surface area contributed by atoms with Crippen molar-refractivity contribution in [2.24, 2.45) is 0 Å². The highest BCUT2D eigenvalue weighted by Crippen LogP contribution is 2.50. The fraction of sp³-hybridized carbons (Fsp3) is 0.200. The van der Waals surface area contributed by atoms with Gasteiger partial charge in [0.15, 0.2) is 5.60 Å². The van der Waals surface area contributed by atoms with Gasteiger partial charge in [-0.2, -0.15) is 0 Å². The second-order valence-electron chi connectivity index (χ2n) is 4.66. The van der Waals surface area contributed by atoms with Crippen LogP contribution in [-0.2, 0) is 5.60 Å². The number of benzene rings is 2. The Kier molecular flexibility index (Phi) is 2.66. The lowest BCUT2D eigenvalue weighted by molar-refractivity contribution is -0.172. The fourth-order valence-corrected chi connectivity index (χ4v) is 2.67. The average molecular weight is 262 g/mol. The summed E-state index contributed by atoms with van der Waals surface area (Å²) in [7, 11) is 0. The Morgan fingerprint density at radius 2 is 1.53 bits per heavy atom. The van der Waals surface area contributed by atoms with Crippen molar-refractivity contribution in [1.29, 1.82) is 0 Å². The maximum absolute atomic E-state index is 13.3. The monoisotopic (exact) mass is 262 g/mol. The molecule has 0 fully saturated rings. The first kappa shape index (κ1) is 12.3. The topological polar surface area (TPSA) is 40.5 Å². The maximum atomic E-state index is 13.3. The van der Waals surface area contributed by atoms with E-state index < -0.39 is 18.1 Å². The minimum Gasteiger partial charge on any atom is -0.385 e. The second-order valence-corrected chi connectivity index (χ2v) is 4.66. The lowest BCUT2D eigenvalue weighted by atomic mass is 9.74. The highest BCUT2D eigenvalue weighted by atomic mass is 19.3. The first-order valence-electron chi connectivity index (χ1n) is 5.94. The van der Waals surface area contributed by atoms with Gasteiger partial charge in [-0.15, -0.1) is 0 Å². The summed E-state index contributed by atoms with van der Waals surface area (Å²) in [6.07, 6.45) is -4.71. The van der Waals surface area contributed by atoms with Crippen LogP contribution >= 0.6 is 0 Å². The minimum atomic E-state index is -3.07. The van der Waals surface area contributed by atoms with Crippen LogP contribution in [0, 0.1) is 0 Å². The zero-order valence-corrected chi connectivity index (χ0v) is 9.92. The van der Waals surface area contributed by atoms with Gasteiger partial charge in [0.25, 0.3) is 6.43 Å². The van der Waals surface area contributed by atoms with E-state index in [9.17, 15) is 19.0 Å². The average Bonchev–Trinajstić information content (AvgIpc) is 2.44. The second kappa shape index (κ2) is 4.11. The first-order valence-corrected chi connectivity index (χ1v) is 5.94. The summed E-state index contributed by atoms with van der Waals surface area (Å²) in [5, 5.41) is 20.5. The summed E-state index contributed by atoms with van der Waals surface area (Å²) in [6.45, 7) is 0. The van der Waals surface area contributed by atoms with E-state index in [1.165, 1.54) is 6.07 Å². The Morgan fingerprint density at radius 1 is 0.947 bits per heavy atom. The van der Waals surface area contributed by atoms with Gasteiger partial charge in [-0.05, 0) is 16.7 Å². The largest absolute Gasteiger partial charge is 0.385 e. The SMILES string of the molecule is O[C@H]1c2ccccc2-c2ccccc2[C@@]1(O)C(F)F. The molecule has 4 heteroatoms. The third-order valence-corrected chi connectivity index (χ3v) is 3.65. The van der Waals surface area contributed by atoms with Gasteiger partial charge in [-0.25, -0.2) is 8.78 Å². The molecular weight excluding hydrogens is 250 g/mol. The molecule has 0 radical (unpaired) electrons. The van der Waals surface area contributed by atoms with Gasteiger partial charge < -0.3 is 10.2 Å². The molecule has 2 nitrogen and oxygen atoms in total. The normalized spacial score (nSPS) is 25.0. The van der Waals surface area contributed by atoms with Crippen LogP contribution in [0.2, 0.25) is 0 Å². The predicted octanol–water partition coefficient (Wildman–Crippen LogP) is 2.85. The fourth-order valence-electron chi connectivity index (χ4n) is 2.67. The van der Waals surface area contributed by atoms with Gasteiger partial charge in [0.05, 0.1) is 0 Å². The highest BCUT2D eigenvalue weighted by molar-refractivity contribution is 5.75. The lowest BCUT2D eigenvalue weighted by Crippen LogP contribution is -2.43. The van der Waals surface area contributed by atoms with E-state index in [-0.39, 0.29) is 5.56 Å². The summed E-state index contributed by atoms with van der Waals surface area (Å²) in [6, 6.07) is 13.1. The van der Waals surface area contributed by atoms with E-state index >= 15 is 0 Å². The quantitative estimate of drug-likeness (QED) is 0.829. The van der Waals surface area contributed by atoms with E-state index in [4.69, 9.17) is 0 Å². The summed E-state index contributed by atoms with van der Waals surface area (Å²) in [5.74, 6) is 0. The smallest absolute Gasteiger partial charge is 0.273 e. The van der Waals surface area contributed by atoms with E-state index in [1.54, 1.807) is 42.5 Å². The van der Waals surface area contributed by atoms with Gasteiger partial charge in [-0.3, -0.25) is 0 Å². The Morgan fingerprint density at radius 3 is 2.21 bits per heavy atom. The minimum absolute atomic E-state index is 0.0659. The molecular formula is C15H12F2O2. The van der Waals surface area contributed by atoms with Crippen molar-refractivity contribution in [3.63, 3.8) is 0 Å². The van der Waals surface area contributed by atoms with Crippen LogP contribution in [0.5, 0.6) is 0 Å². The van der Waals surface area contributed by atoms with Crippen molar-refractivity contribution in [2.75, 3.05) is 0 Å². The van der Waals surface area contributed by atoms with Crippen LogP contribution in [0.4, 0.5) is 8.78 Å². The standard InChI is InChI=1S/C15H12F2O2/c16-14(17)15(19)12-8-4-3-6-10(12)9-5-1-2-7-11(9)13(15)18/h1-8,13-14,18-19H/t13-,15-/m0/s1. The molecule has 0 heterocycles. The van der Waals surface area contributed by atoms with Gasteiger partial charge >= 0.3 is 0 Å². The van der Waals surface area contributed by atoms with Crippen LogP contribution in [0.25, 0.3) is 11.1 Å². The lowest BCUT2D eigenvalue weighted by Gasteiger charge is -2.39. The molecule has 19 heavy (non-hydrogen) atoms. The van der Waals surface area contributed by atoms with Gasteiger partial charge in [-0.1, -0.05) is 48.5 Å². The van der Waals surface area contributed by atoms with Crippen molar-refractivity contribution in [2.45, 2.75) is 18.1 Å². The third kappa shape index (κ3) is 1.54. The zero-order valence-electron chi connectivity index (χ0n) is 9.92. The number of rotatable bonds is 1. The highest BCUT2D eigenvalue weighted by Gasteiger charge is 2.51. The van der Waals surface area contributed by atoms with Crippen LogP contribution < -0.4 is 0 Å². The summed E-state index contributed by atoms with van der Waals surface area (Å²) in [5.41, 5.74) is -0.965. The van der Waals surface area contributed by atoms with Gasteiger partial charge in [0.2, 0.25) is 0 Å². The van der Waals surface area contributed by atoms with Crippen molar-refractivity contribution < 1.29 is 19.0 Å². The summed E-state index contributed by atoms with van der Waals surface area (Å²) >= 11 is 0. The molecule has 1 aliphatic carbocycles. The van der Waals surface area contributed by atoms with E-state index in [0.717, 1.165) is 0 Å². The molecule has 0 aliphatic heterocycles. The molecule has 0 spiro atoms. The molecule has 0 saturated heterocycles. The molecule has 0 saturated carbocycles. The Bertz CT molecular complexity index is 627. The van der Waals surface area contributed by atoms with Crippen LogP contribution in [0.1, 0.15) is 17.2 Å².